The molecule has 1 N–H and O–H groups in total. The zero-order chi connectivity index (χ0) is 20.2. The topological polar surface area (TPSA) is 69.7 Å². The zero-order valence-corrected chi connectivity index (χ0v) is 17.9. The van der Waals surface area contributed by atoms with E-state index in [2.05, 4.69) is 24.1 Å². The maximum absolute atomic E-state index is 12.9. The molecular formula is C21H33N3O3S. The molecule has 1 amide bonds. The number of amides is 1. The van der Waals surface area contributed by atoms with Crippen LogP contribution in [-0.4, -0.2) is 61.8 Å². The van der Waals surface area contributed by atoms with Crippen molar-refractivity contribution in [3.63, 3.8) is 0 Å². The van der Waals surface area contributed by atoms with Crippen LogP contribution in [0.1, 0.15) is 62.7 Å². The lowest BCUT2D eigenvalue weighted by Crippen LogP contribution is -2.53. The largest absolute Gasteiger partial charge is 0.350 e. The lowest BCUT2D eigenvalue weighted by Gasteiger charge is -2.41. The highest BCUT2D eigenvalue weighted by Gasteiger charge is 2.29. The Kier molecular flexibility index (Phi) is 6.78. The van der Waals surface area contributed by atoms with E-state index in [-0.39, 0.29) is 16.3 Å². The van der Waals surface area contributed by atoms with E-state index in [4.69, 9.17) is 0 Å². The highest BCUT2D eigenvalue weighted by molar-refractivity contribution is 7.89. The summed E-state index contributed by atoms with van der Waals surface area (Å²) >= 11 is 0. The first-order chi connectivity index (χ1) is 13.3. The van der Waals surface area contributed by atoms with Crippen LogP contribution in [0.3, 0.4) is 0 Å². The molecule has 6 nitrogen and oxygen atoms in total. The number of likely N-dealkylation sites (tertiary alicyclic amines) is 1. The normalized spacial score (nSPS) is 20.1. The van der Waals surface area contributed by atoms with E-state index in [9.17, 15) is 13.2 Å². The molecule has 7 heteroatoms. The summed E-state index contributed by atoms with van der Waals surface area (Å²) in [5.74, 6) is -0.222. The second kappa shape index (κ2) is 8.93. The molecule has 0 atom stereocenters. The van der Waals surface area contributed by atoms with Crippen LogP contribution in [0.4, 0.5) is 0 Å². The summed E-state index contributed by atoms with van der Waals surface area (Å²) in [7, 11) is -3.53. The van der Waals surface area contributed by atoms with E-state index in [1.54, 1.807) is 18.2 Å². The number of benzene rings is 1. The molecule has 0 bridgehead atoms. The van der Waals surface area contributed by atoms with E-state index in [0.717, 1.165) is 32.4 Å². The molecule has 2 heterocycles. The molecular weight excluding hydrogens is 374 g/mol. The van der Waals surface area contributed by atoms with Crippen LogP contribution in [0.2, 0.25) is 0 Å². The summed E-state index contributed by atoms with van der Waals surface area (Å²) in [6.07, 6.45) is 6.54. The van der Waals surface area contributed by atoms with Crippen LogP contribution in [-0.2, 0) is 10.0 Å². The van der Waals surface area contributed by atoms with Crippen molar-refractivity contribution in [3.8, 4) is 0 Å². The minimum Gasteiger partial charge on any atom is -0.350 e. The Morgan fingerprint density at radius 1 is 1.00 bits per heavy atom. The quantitative estimate of drug-likeness (QED) is 0.787. The van der Waals surface area contributed by atoms with Gasteiger partial charge < -0.3 is 5.32 Å². The van der Waals surface area contributed by atoms with Gasteiger partial charge in [0, 0.05) is 30.7 Å². The number of hydrogen-bond donors (Lipinski definition) is 1. The predicted octanol–water partition coefficient (Wildman–Crippen LogP) is 2.86. The van der Waals surface area contributed by atoms with Crippen LogP contribution >= 0.6 is 0 Å². The molecule has 0 aromatic heterocycles. The molecule has 3 rings (SSSR count). The van der Waals surface area contributed by atoms with Crippen LogP contribution in [0, 0.1) is 0 Å². The van der Waals surface area contributed by atoms with Gasteiger partial charge in [-0.15, -0.1) is 0 Å². The van der Waals surface area contributed by atoms with Crippen molar-refractivity contribution in [2.75, 3.05) is 32.7 Å². The highest BCUT2D eigenvalue weighted by Crippen LogP contribution is 2.22. The lowest BCUT2D eigenvalue weighted by molar-refractivity contribution is 0.0797. The van der Waals surface area contributed by atoms with Crippen LogP contribution in [0.15, 0.2) is 29.2 Å². The fourth-order valence-electron chi connectivity index (χ4n) is 4.06. The molecule has 0 saturated carbocycles. The molecule has 2 aliphatic rings. The number of nitrogens with one attached hydrogen (secondary N) is 1. The maximum atomic E-state index is 12.9. The fraction of sp³-hybridized carbons (Fsp3) is 0.667. The van der Waals surface area contributed by atoms with Crippen molar-refractivity contribution in [1.29, 1.82) is 0 Å². The van der Waals surface area contributed by atoms with E-state index in [1.165, 1.54) is 29.6 Å². The number of rotatable bonds is 6. The SMILES string of the molecule is CC(C)(CNC(=O)c1cccc(S(=O)(=O)N2CCCCC2)c1)N1CCCCC1. The van der Waals surface area contributed by atoms with Gasteiger partial charge in [-0.3, -0.25) is 9.69 Å². The molecule has 2 fully saturated rings. The summed E-state index contributed by atoms with van der Waals surface area (Å²) in [6, 6.07) is 6.42. The highest BCUT2D eigenvalue weighted by atomic mass is 32.2. The zero-order valence-electron chi connectivity index (χ0n) is 17.1. The first-order valence-electron chi connectivity index (χ1n) is 10.4. The molecule has 0 unspecified atom stereocenters. The standard InChI is InChI=1S/C21H33N3O3S/c1-21(2,23-12-5-3-6-13-23)17-22-20(25)18-10-9-11-19(16-18)28(26,27)24-14-7-4-8-15-24/h9-11,16H,3-8,12-15,17H2,1-2H3,(H,22,25). The van der Waals surface area contributed by atoms with Crippen LogP contribution in [0.5, 0.6) is 0 Å². The number of carbonyl (C=O) groups is 1. The van der Waals surface area contributed by atoms with Crippen molar-refractivity contribution in [2.45, 2.75) is 62.8 Å². The van der Waals surface area contributed by atoms with Crippen molar-refractivity contribution < 1.29 is 13.2 Å². The minimum atomic E-state index is -3.53. The second-order valence-corrected chi connectivity index (χ2v) is 10.5. The third-order valence-corrected chi connectivity index (χ3v) is 7.84. The van der Waals surface area contributed by atoms with Crippen molar-refractivity contribution in [3.05, 3.63) is 29.8 Å². The molecule has 2 aliphatic heterocycles. The average Bonchev–Trinajstić information content (AvgIpc) is 2.73. The molecule has 2 saturated heterocycles. The Balaban J connectivity index is 1.66. The van der Waals surface area contributed by atoms with E-state index < -0.39 is 10.0 Å². The maximum Gasteiger partial charge on any atom is 0.251 e. The van der Waals surface area contributed by atoms with Gasteiger partial charge in [0.05, 0.1) is 4.90 Å². The molecule has 1 aromatic rings. The average molecular weight is 408 g/mol. The molecule has 1 aromatic carbocycles. The van der Waals surface area contributed by atoms with Crippen molar-refractivity contribution in [2.24, 2.45) is 0 Å². The smallest absolute Gasteiger partial charge is 0.251 e. The summed E-state index contributed by atoms with van der Waals surface area (Å²) in [5, 5.41) is 3.01. The Bertz CT molecular complexity index is 780. The summed E-state index contributed by atoms with van der Waals surface area (Å²) in [4.78, 5) is 15.3. The Morgan fingerprint density at radius 3 is 2.25 bits per heavy atom. The third kappa shape index (κ3) is 4.93. The van der Waals surface area contributed by atoms with E-state index in [0.29, 0.717) is 25.2 Å². The van der Waals surface area contributed by atoms with Crippen molar-refractivity contribution in [1.82, 2.24) is 14.5 Å². The predicted molar refractivity (Wildman–Crippen MR) is 111 cm³/mol. The first-order valence-corrected chi connectivity index (χ1v) is 11.9. The second-order valence-electron chi connectivity index (χ2n) is 8.54. The summed E-state index contributed by atoms with van der Waals surface area (Å²) < 4.78 is 27.3. The lowest BCUT2D eigenvalue weighted by atomic mass is 9.98. The Hall–Kier alpha value is -1.44. The number of carbonyl (C=O) groups excluding carboxylic acids is 1. The van der Waals surface area contributed by atoms with Gasteiger partial charge in [-0.2, -0.15) is 4.31 Å². The van der Waals surface area contributed by atoms with E-state index in [1.807, 2.05) is 0 Å². The van der Waals surface area contributed by atoms with Crippen molar-refractivity contribution >= 4 is 15.9 Å². The van der Waals surface area contributed by atoms with Gasteiger partial charge in [0.1, 0.15) is 0 Å². The summed E-state index contributed by atoms with van der Waals surface area (Å²) in [5.41, 5.74) is 0.278. The molecule has 28 heavy (non-hydrogen) atoms. The third-order valence-electron chi connectivity index (χ3n) is 5.94. The minimum absolute atomic E-state index is 0.117. The van der Waals surface area contributed by atoms with Gasteiger partial charge in [0.2, 0.25) is 10.0 Å². The fourth-order valence-corrected chi connectivity index (χ4v) is 5.63. The summed E-state index contributed by atoms with van der Waals surface area (Å²) in [6.45, 7) is 8.07. The number of nitrogens with zero attached hydrogens (tertiary/aromatic N) is 2. The first kappa shape index (κ1) is 21.3. The van der Waals surface area contributed by atoms with Gasteiger partial charge in [-0.25, -0.2) is 8.42 Å². The van der Waals surface area contributed by atoms with Crippen LogP contribution < -0.4 is 5.32 Å². The number of sulfonamides is 1. The van der Waals surface area contributed by atoms with Gasteiger partial charge >= 0.3 is 0 Å². The molecule has 0 spiro atoms. The molecule has 0 aliphatic carbocycles. The van der Waals surface area contributed by atoms with Gasteiger partial charge in [-0.05, 0) is 70.8 Å². The Labute approximate surface area is 169 Å². The number of piperidine rings is 2. The molecule has 0 radical (unpaired) electrons. The molecule has 156 valence electrons. The monoisotopic (exact) mass is 407 g/mol. The van der Waals surface area contributed by atoms with Gasteiger partial charge in [-0.1, -0.05) is 18.9 Å². The number of hydrogen-bond acceptors (Lipinski definition) is 4. The van der Waals surface area contributed by atoms with E-state index >= 15 is 0 Å². The van der Waals surface area contributed by atoms with Gasteiger partial charge in [0.25, 0.3) is 5.91 Å². The van der Waals surface area contributed by atoms with Gasteiger partial charge in [0.15, 0.2) is 0 Å². The van der Waals surface area contributed by atoms with Crippen LogP contribution in [0.25, 0.3) is 0 Å². The Morgan fingerprint density at radius 2 is 1.61 bits per heavy atom.